The summed E-state index contributed by atoms with van der Waals surface area (Å²) in [6, 6.07) is 0. The van der Waals surface area contributed by atoms with Crippen LogP contribution in [-0.4, -0.2) is 69.1 Å². The van der Waals surface area contributed by atoms with E-state index in [0.29, 0.717) is 38.5 Å². The van der Waals surface area contributed by atoms with Crippen LogP contribution in [0, 0.1) is 0 Å². The molecule has 5 atom stereocenters. The maximum atomic E-state index is 10.9. The summed E-state index contributed by atoms with van der Waals surface area (Å²) in [5.74, 6) is 0.208. The zero-order chi connectivity index (χ0) is 38.6. The summed E-state index contributed by atoms with van der Waals surface area (Å²) >= 11 is 0. The van der Waals surface area contributed by atoms with Gasteiger partial charge in [0.05, 0.1) is 30.0 Å². The van der Waals surface area contributed by atoms with Crippen LogP contribution >= 0.6 is 0 Å². The van der Waals surface area contributed by atoms with Crippen LogP contribution in [0.4, 0.5) is 0 Å². The van der Waals surface area contributed by atoms with E-state index in [-0.39, 0.29) is 17.2 Å². The zero-order valence-electron chi connectivity index (χ0n) is 32.7. The van der Waals surface area contributed by atoms with Crippen molar-refractivity contribution in [3.63, 3.8) is 0 Å². The molecule has 0 radical (unpaired) electrons. The normalized spacial score (nSPS) is 16.3. The molecule has 7 heteroatoms. The monoisotopic (exact) mass is 713 g/mol. The summed E-state index contributed by atoms with van der Waals surface area (Å²) in [6.45, 7) is 9.56. The summed E-state index contributed by atoms with van der Waals surface area (Å²) < 4.78 is 5.60. The smallest absolute Gasteiger partial charge is 0.129 e. The molecule has 0 bridgehead atoms. The third-order valence-electron chi connectivity index (χ3n) is 8.13. The van der Waals surface area contributed by atoms with Crippen molar-refractivity contribution >= 4 is 11.6 Å². The second kappa shape index (κ2) is 35.5. The molecule has 0 saturated heterocycles. The van der Waals surface area contributed by atoms with E-state index in [1.54, 1.807) is 37.5 Å². The number of ether oxygens (including phenoxy) is 1. The molecule has 0 aromatic carbocycles. The Morgan fingerprint density at radius 3 is 1.47 bits per heavy atom. The van der Waals surface area contributed by atoms with Crippen molar-refractivity contribution in [2.75, 3.05) is 7.11 Å². The third-order valence-corrected chi connectivity index (χ3v) is 8.13. The van der Waals surface area contributed by atoms with Gasteiger partial charge in [-0.25, -0.2) is 0 Å². The highest BCUT2D eigenvalue weighted by Crippen LogP contribution is 2.20. The number of hydrogen-bond donors (Lipinski definition) is 4. The Hall–Kier alpha value is -2.94. The van der Waals surface area contributed by atoms with Crippen LogP contribution < -0.4 is 0 Å². The van der Waals surface area contributed by atoms with Crippen LogP contribution in [-0.2, 0) is 14.3 Å². The van der Waals surface area contributed by atoms with E-state index in [1.807, 2.05) is 54.7 Å². The Kier molecular flexibility index (Phi) is 34.9. The van der Waals surface area contributed by atoms with Crippen molar-refractivity contribution in [3.8, 4) is 0 Å². The number of unbranched alkanes of at least 4 members (excludes halogenated alkanes) is 6. The highest BCUT2D eigenvalue weighted by molar-refractivity contribution is 5.75. The van der Waals surface area contributed by atoms with E-state index in [2.05, 4.69) is 32.9 Å². The second-order valence-electron chi connectivity index (χ2n) is 13.2. The quantitative estimate of drug-likeness (QED) is 0.0450. The van der Waals surface area contributed by atoms with E-state index in [4.69, 9.17) is 4.74 Å². The predicted octanol–water partition coefficient (Wildman–Crippen LogP) is 9.34. The molecule has 0 saturated carbocycles. The van der Waals surface area contributed by atoms with Gasteiger partial charge in [0.15, 0.2) is 0 Å². The van der Waals surface area contributed by atoms with Gasteiger partial charge in [-0.2, -0.15) is 0 Å². The Balaban J connectivity index is 0. The fraction of sp³-hybridized carbons (Fsp3) is 0.591. The lowest BCUT2D eigenvalue weighted by molar-refractivity contribution is -0.118. The molecule has 290 valence electrons. The van der Waals surface area contributed by atoms with Crippen molar-refractivity contribution in [3.05, 3.63) is 97.2 Å². The van der Waals surface area contributed by atoms with Crippen molar-refractivity contribution in [1.82, 2.24) is 0 Å². The van der Waals surface area contributed by atoms with E-state index >= 15 is 0 Å². The van der Waals surface area contributed by atoms with Crippen LogP contribution in [0.2, 0.25) is 0 Å². The number of carbonyl (C=O) groups excluding carboxylic acids is 2. The molecule has 0 fully saturated rings. The molecular weight excluding hydrogens is 640 g/mol. The average molecular weight is 713 g/mol. The lowest BCUT2D eigenvalue weighted by Crippen LogP contribution is -2.23. The van der Waals surface area contributed by atoms with E-state index in [9.17, 15) is 30.0 Å². The first-order valence-electron chi connectivity index (χ1n) is 19.0. The number of Topliss-reactive ketones (excluding diaryl/α,β-unsaturated/α-hetero) is 2. The Morgan fingerprint density at radius 1 is 0.588 bits per heavy atom. The van der Waals surface area contributed by atoms with E-state index < -0.39 is 24.4 Å². The summed E-state index contributed by atoms with van der Waals surface area (Å²) in [7, 11) is 1.74. The average Bonchev–Trinajstić information content (AvgIpc) is 3.09. The van der Waals surface area contributed by atoms with Crippen LogP contribution in [0.5, 0.6) is 0 Å². The van der Waals surface area contributed by atoms with Gasteiger partial charge in [-0.15, -0.1) is 0 Å². The number of carbonyl (C=O) groups is 2. The molecular formula is C44H72O7. The molecule has 51 heavy (non-hydrogen) atoms. The fourth-order valence-electron chi connectivity index (χ4n) is 4.69. The maximum absolute atomic E-state index is 10.9. The molecule has 0 amide bonds. The van der Waals surface area contributed by atoms with Gasteiger partial charge in [0, 0.05) is 20.0 Å². The first-order chi connectivity index (χ1) is 24.4. The standard InChI is InChI=1S/C23H38O4.C21H34O3/c1-5-6-12-18-23(3,27-4)19-13-10-8-7-9-11-16-21(25)22(26)17-14-15-20(2)24;1-3-4-5-6-7-8-9-10-11-12-13-14-17-20(23)21(24)18-15-16-19(2)22/h7-11,13,16,19,21-22,25-26H,5-6,12,14-15,17-18H2,1-4H3;8-14,17,20-21,23-24H,3-7,15-16,18H2,1-2H3/b9-7+,10-8-,16-11+,19-13+;9-8+,11-10-,13-12+,17-14+/t21-,22+,23?;20-,21+/m11/s1. The molecule has 1 unspecified atom stereocenters. The minimum absolute atomic E-state index is 0.0998. The van der Waals surface area contributed by atoms with Crippen molar-refractivity contribution in [2.24, 2.45) is 0 Å². The molecule has 0 spiro atoms. The van der Waals surface area contributed by atoms with Gasteiger partial charge in [-0.05, 0) is 65.7 Å². The first-order valence-corrected chi connectivity index (χ1v) is 19.0. The minimum atomic E-state index is -0.920. The fourth-order valence-corrected chi connectivity index (χ4v) is 4.69. The molecule has 0 heterocycles. The van der Waals surface area contributed by atoms with Crippen LogP contribution in [0.3, 0.4) is 0 Å². The van der Waals surface area contributed by atoms with Crippen LogP contribution in [0.25, 0.3) is 0 Å². The summed E-state index contributed by atoms with van der Waals surface area (Å²) in [5, 5.41) is 39.1. The van der Waals surface area contributed by atoms with Gasteiger partial charge in [-0.3, -0.25) is 0 Å². The number of aliphatic hydroxyl groups is 4. The van der Waals surface area contributed by atoms with Crippen molar-refractivity contribution < 1.29 is 34.8 Å². The summed E-state index contributed by atoms with van der Waals surface area (Å²) in [4.78, 5) is 21.7. The highest BCUT2D eigenvalue weighted by Gasteiger charge is 2.18. The van der Waals surface area contributed by atoms with Gasteiger partial charge in [0.1, 0.15) is 11.6 Å². The maximum Gasteiger partial charge on any atom is 0.129 e. The summed E-state index contributed by atoms with van der Waals surface area (Å²) in [6.07, 6.45) is 40.2. The van der Waals surface area contributed by atoms with Gasteiger partial charge in [0.2, 0.25) is 0 Å². The number of rotatable bonds is 29. The molecule has 0 aliphatic heterocycles. The number of aliphatic hydroxyl groups excluding tert-OH is 4. The Bertz CT molecular complexity index is 1090. The first kappa shape index (κ1) is 50.2. The van der Waals surface area contributed by atoms with Crippen molar-refractivity contribution in [1.29, 1.82) is 0 Å². The molecule has 0 aliphatic carbocycles. The lowest BCUT2D eigenvalue weighted by Gasteiger charge is -2.24. The Morgan fingerprint density at radius 2 is 1.02 bits per heavy atom. The van der Waals surface area contributed by atoms with Gasteiger partial charge >= 0.3 is 0 Å². The zero-order valence-corrected chi connectivity index (χ0v) is 32.7. The predicted molar refractivity (Wildman–Crippen MR) is 215 cm³/mol. The molecule has 0 aromatic heterocycles. The van der Waals surface area contributed by atoms with Crippen LogP contribution in [0.1, 0.15) is 131 Å². The van der Waals surface area contributed by atoms with E-state index in [1.165, 1.54) is 52.4 Å². The number of methoxy groups -OCH3 is 1. The number of hydrogen-bond acceptors (Lipinski definition) is 7. The molecule has 0 aromatic rings. The largest absolute Gasteiger partial charge is 0.390 e. The van der Waals surface area contributed by atoms with E-state index in [0.717, 1.165) is 19.3 Å². The highest BCUT2D eigenvalue weighted by atomic mass is 16.5. The van der Waals surface area contributed by atoms with Crippen molar-refractivity contribution in [2.45, 2.75) is 161 Å². The molecule has 7 nitrogen and oxygen atoms in total. The number of ketones is 2. The minimum Gasteiger partial charge on any atom is -0.390 e. The van der Waals surface area contributed by atoms with Gasteiger partial charge in [-0.1, -0.05) is 150 Å². The van der Waals surface area contributed by atoms with Crippen LogP contribution in [0.15, 0.2) is 97.2 Å². The molecule has 0 aliphatic rings. The third kappa shape index (κ3) is 35.3. The molecule has 0 rings (SSSR count). The van der Waals surface area contributed by atoms with Gasteiger partial charge in [0.25, 0.3) is 0 Å². The lowest BCUT2D eigenvalue weighted by atomic mass is 9.97. The summed E-state index contributed by atoms with van der Waals surface area (Å²) in [5.41, 5.74) is -0.230. The van der Waals surface area contributed by atoms with Gasteiger partial charge < -0.3 is 34.8 Å². The second-order valence-corrected chi connectivity index (χ2v) is 13.2. The molecule has 4 N–H and O–H groups in total. The SMILES string of the molecule is CCCCCC(C)(/C=C/C=C\C=C\C=C\[C@@H](O)[C@@H](O)CCCC(C)=O)OC.CCCCCC/C=C/C=C\C=C\C=C\[C@@H](O)[C@@H](O)CCCC(C)=O. The Labute approximate surface area is 311 Å². The topological polar surface area (TPSA) is 124 Å². The number of allylic oxidation sites excluding steroid dienone is 13.